The van der Waals surface area contributed by atoms with Crippen molar-refractivity contribution in [3.05, 3.63) is 24.3 Å². The number of amides is 1. The summed E-state index contributed by atoms with van der Waals surface area (Å²) in [6.07, 6.45) is 4.76. The van der Waals surface area contributed by atoms with Crippen molar-refractivity contribution in [2.24, 2.45) is 0 Å². The van der Waals surface area contributed by atoms with Gasteiger partial charge in [0.2, 0.25) is 5.91 Å². The van der Waals surface area contributed by atoms with Gasteiger partial charge in [0.05, 0.1) is 18.4 Å². The van der Waals surface area contributed by atoms with Crippen molar-refractivity contribution < 1.29 is 9.53 Å². The number of rotatable bonds is 5. The summed E-state index contributed by atoms with van der Waals surface area (Å²) in [4.78, 5) is 15.5. The minimum absolute atomic E-state index is 0.0225. The number of benzene rings is 1. The van der Waals surface area contributed by atoms with Gasteiger partial charge >= 0.3 is 0 Å². The summed E-state index contributed by atoms with van der Waals surface area (Å²) in [7, 11) is 3.41. The first-order valence-electron chi connectivity index (χ1n) is 8.02. The molecule has 23 heavy (non-hydrogen) atoms. The Morgan fingerprint density at radius 1 is 1.30 bits per heavy atom. The molecule has 1 saturated carbocycles. The van der Waals surface area contributed by atoms with Gasteiger partial charge in [-0.3, -0.25) is 4.79 Å². The van der Waals surface area contributed by atoms with Crippen LogP contribution in [-0.4, -0.2) is 35.8 Å². The van der Waals surface area contributed by atoms with Crippen LogP contribution in [0.25, 0.3) is 0 Å². The smallest absolute Gasteiger partial charge is 0.236 e. The Morgan fingerprint density at radius 2 is 1.91 bits per heavy atom. The number of thioether (sulfide) groups is 1. The number of carbonyl (C=O) groups excluding carboxylic acids is 1. The fourth-order valence-corrected chi connectivity index (χ4v) is 4.01. The van der Waals surface area contributed by atoms with E-state index in [0.29, 0.717) is 0 Å². The summed E-state index contributed by atoms with van der Waals surface area (Å²) in [5.41, 5.74) is -0.621. The van der Waals surface area contributed by atoms with Gasteiger partial charge in [-0.25, -0.2) is 0 Å². The summed E-state index contributed by atoms with van der Waals surface area (Å²) < 4.78 is 5.15. The fourth-order valence-electron chi connectivity index (χ4n) is 3.05. The van der Waals surface area contributed by atoms with Gasteiger partial charge in [0.15, 0.2) is 0 Å². The van der Waals surface area contributed by atoms with E-state index in [9.17, 15) is 10.1 Å². The molecule has 2 rings (SSSR count). The number of nitriles is 1. The lowest BCUT2D eigenvalue weighted by Crippen LogP contribution is -2.52. The predicted octanol–water partition coefficient (Wildman–Crippen LogP) is 3.86. The molecule has 0 radical (unpaired) electrons. The van der Waals surface area contributed by atoms with Gasteiger partial charge in [-0.2, -0.15) is 5.26 Å². The lowest BCUT2D eigenvalue weighted by atomic mass is 9.81. The number of ether oxygens (including phenoxy) is 1. The molecule has 1 aliphatic carbocycles. The minimum Gasteiger partial charge on any atom is -0.497 e. The maximum Gasteiger partial charge on any atom is 0.236 e. The molecular weight excluding hydrogens is 308 g/mol. The van der Waals surface area contributed by atoms with E-state index in [-0.39, 0.29) is 11.2 Å². The number of methoxy groups -OCH3 is 1. The Hall–Kier alpha value is -1.67. The molecule has 0 aromatic heterocycles. The first-order chi connectivity index (χ1) is 11.0. The quantitative estimate of drug-likeness (QED) is 0.768. The van der Waals surface area contributed by atoms with Gasteiger partial charge in [0, 0.05) is 11.9 Å². The van der Waals surface area contributed by atoms with Crippen molar-refractivity contribution in [2.75, 3.05) is 14.2 Å². The van der Waals surface area contributed by atoms with Crippen LogP contribution >= 0.6 is 11.8 Å². The zero-order chi connectivity index (χ0) is 16.9. The van der Waals surface area contributed by atoms with Crippen molar-refractivity contribution in [1.29, 1.82) is 5.26 Å². The highest BCUT2D eigenvalue weighted by Crippen LogP contribution is 2.34. The van der Waals surface area contributed by atoms with E-state index in [1.165, 1.54) is 11.8 Å². The van der Waals surface area contributed by atoms with Gasteiger partial charge in [-0.05, 0) is 44.0 Å². The van der Waals surface area contributed by atoms with Crippen molar-refractivity contribution in [1.82, 2.24) is 4.90 Å². The van der Waals surface area contributed by atoms with Gasteiger partial charge in [-0.1, -0.05) is 19.3 Å². The maximum atomic E-state index is 12.8. The zero-order valence-corrected chi connectivity index (χ0v) is 14.9. The van der Waals surface area contributed by atoms with E-state index >= 15 is 0 Å². The Morgan fingerprint density at radius 3 is 2.43 bits per heavy atom. The molecule has 4 nitrogen and oxygen atoms in total. The standard InChI is InChI=1S/C18H24N2O2S/c1-14(23-16-9-7-15(22-3)8-10-16)17(21)20(2)18(13-19)11-5-4-6-12-18/h7-10,14H,4-6,11-12H2,1-3H3/t14-/m1/s1. The number of hydrogen-bond donors (Lipinski definition) is 0. The molecule has 1 aromatic rings. The first-order valence-corrected chi connectivity index (χ1v) is 8.90. The van der Waals surface area contributed by atoms with Crippen LogP contribution in [0.1, 0.15) is 39.0 Å². The van der Waals surface area contributed by atoms with Gasteiger partial charge in [0.1, 0.15) is 11.3 Å². The third kappa shape index (κ3) is 4.00. The van der Waals surface area contributed by atoms with Crippen LogP contribution < -0.4 is 4.74 Å². The molecule has 0 heterocycles. The van der Waals surface area contributed by atoms with E-state index in [2.05, 4.69) is 6.07 Å². The van der Waals surface area contributed by atoms with Crippen LogP contribution in [0.2, 0.25) is 0 Å². The molecule has 1 fully saturated rings. The summed E-state index contributed by atoms with van der Waals surface area (Å²) >= 11 is 1.52. The highest BCUT2D eigenvalue weighted by atomic mass is 32.2. The normalized spacial score (nSPS) is 17.8. The second-order valence-electron chi connectivity index (χ2n) is 6.04. The predicted molar refractivity (Wildman–Crippen MR) is 92.5 cm³/mol. The van der Waals surface area contributed by atoms with E-state index in [4.69, 9.17) is 4.74 Å². The molecule has 124 valence electrons. The molecule has 0 saturated heterocycles. The highest BCUT2D eigenvalue weighted by Gasteiger charge is 2.40. The fraction of sp³-hybridized carbons (Fsp3) is 0.556. The highest BCUT2D eigenvalue weighted by molar-refractivity contribution is 8.00. The molecule has 1 atom stereocenters. The Labute approximate surface area is 142 Å². The zero-order valence-electron chi connectivity index (χ0n) is 14.0. The molecular formula is C18H24N2O2S. The van der Waals surface area contributed by atoms with E-state index in [0.717, 1.165) is 42.7 Å². The Balaban J connectivity index is 2.04. The monoisotopic (exact) mass is 332 g/mol. The SMILES string of the molecule is COc1ccc(S[C@H](C)C(=O)N(C)C2(C#N)CCCCC2)cc1. The van der Waals surface area contributed by atoms with Gasteiger partial charge in [-0.15, -0.1) is 11.8 Å². The number of carbonyl (C=O) groups is 1. The Bertz CT molecular complexity index is 574. The average molecular weight is 332 g/mol. The molecule has 5 heteroatoms. The van der Waals surface area contributed by atoms with Crippen LogP contribution in [0.15, 0.2) is 29.2 Å². The van der Waals surface area contributed by atoms with Gasteiger partial charge < -0.3 is 9.64 Å². The Kier molecular flexibility index (Phi) is 5.95. The lowest BCUT2D eigenvalue weighted by Gasteiger charge is -2.40. The maximum absolute atomic E-state index is 12.8. The van der Waals surface area contributed by atoms with Crippen LogP contribution in [0.5, 0.6) is 5.75 Å². The molecule has 1 aliphatic rings. The third-order valence-electron chi connectivity index (χ3n) is 4.58. The summed E-state index contributed by atoms with van der Waals surface area (Å²) in [6.45, 7) is 1.90. The molecule has 0 aliphatic heterocycles. The van der Waals surface area contributed by atoms with Crippen LogP contribution in [0.4, 0.5) is 0 Å². The third-order valence-corrected chi connectivity index (χ3v) is 5.68. The molecule has 0 spiro atoms. The van der Waals surface area contributed by atoms with Crippen molar-refractivity contribution in [2.45, 2.75) is 54.7 Å². The van der Waals surface area contributed by atoms with Gasteiger partial charge in [0.25, 0.3) is 0 Å². The summed E-state index contributed by atoms with van der Waals surface area (Å²) in [6, 6.07) is 10.1. The van der Waals surface area contributed by atoms with Crippen molar-refractivity contribution >= 4 is 17.7 Å². The average Bonchev–Trinajstić information content (AvgIpc) is 2.61. The summed E-state index contributed by atoms with van der Waals surface area (Å²) in [5.74, 6) is 0.824. The molecule has 1 aromatic carbocycles. The summed E-state index contributed by atoms with van der Waals surface area (Å²) in [5, 5.41) is 9.40. The molecule has 1 amide bonds. The van der Waals surface area contributed by atoms with Crippen LogP contribution in [0.3, 0.4) is 0 Å². The van der Waals surface area contributed by atoms with E-state index in [1.807, 2.05) is 31.2 Å². The number of nitrogens with zero attached hydrogens (tertiary/aromatic N) is 2. The first kappa shape index (κ1) is 17.7. The molecule has 0 unspecified atom stereocenters. The minimum atomic E-state index is -0.621. The molecule has 0 N–H and O–H groups in total. The van der Waals surface area contributed by atoms with E-state index < -0.39 is 5.54 Å². The molecule has 0 bridgehead atoms. The second kappa shape index (κ2) is 7.74. The number of hydrogen-bond acceptors (Lipinski definition) is 4. The topological polar surface area (TPSA) is 53.3 Å². The largest absolute Gasteiger partial charge is 0.497 e. The van der Waals surface area contributed by atoms with Crippen molar-refractivity contribution in [3.8, 4) is 11.8 Å². The van der Waals surface area contributed by atoms with Crippen LogP contribution in [-0.2, 0) is 4.79 Å². The van der Waals surface area contributed by atoms with Crippen molar-refractivity contribution in [3.63, 3.8) is 0 Å². The second-order valence-corrected chi connectivity index (χ2v) is 7.45. The van der Waals surface area contributed by atoms with Crippen LogP contribution in [0, 0.1) is 11.3 Å². The lowest BCUT2D eigenvalue weighted by molar-refractivity contribution is -0.133. The van der Waals surface area contributed by atoms with E-state index in [1.54, 1.807) is 19.1 Å².